The number of hydrogen-bond acceptors (Lipinski definition) is 6. The molecule has 0 fully saturated rings. The predicted octanol–water partition coefficient (Wildman–Crippen LogP) is 2.76. The van der Waals surface area contributed by atoms with Crippen LogP contribution >= 0.6 is 11.6 Å². The molecule has 1 aromatic heterocycles. The number of aliphatic hydroxyl groups is 1. The standard InChI is InChI=1S/C17H20ClN3O3/c1-17(2)13-14(18)19-9-20-15(13)21(16(17)22)8-10-5-6-11(23-3)7-12(10)24-4/h5-7,9,16,22H,8H2,1-4H3. The number of methoxy groups -OCH3 is 2. The van der Waals surface area contributed by atoms with Gasteiger partial charge in [0.25, 0.3) is 0 Å². The Morgan fingerprint density at radius 3 is 2.67 bits per heavy atom. The molecule has 0 amide bonds. The van der Waals surface area contributed by atoms with Gasteiger partial charge in [-0.15, -0.1) is 0 Å². The quantitative estimate of drug-likeness (QED) is 0.856. The summed E-state index contributed by atoms with van der Waals surface area (Å²) in [5, 5.41) is 11.2. The van der Waals surface area contributed by atoms with E-state index in [4.69, 9.17) is 21.1 Å². The Morgan fingerprint density at radius 2 is 2.00 bits per heavy atom. The van der Waals surface area contributed by atoms with Crippen molar-refractivity contribution in [2.75, 3.05) is 19.1 Å². The van der Waals surface area contributed by atoms with Gasteiger partial charge in [0.1, 0.15) is 35.0 Å². The van der Waals surface area contributed by atoms with Gasteiger partial charge in [0.15, 0.2) is 0 Å². The average molecular weight is 350 g/mol. The number of fused-ring (bicyclic) bond motifs is 1. The molecule has 7 heteroatoms. The minimum atomic E-state index is -0.770. The van der Waals surface area contributed by atoms with Crippen LogP contribution in [0.5, 0.6) is 11.5 Å². The fourth-order valence-electron chi connectivity index (χ4n) is 3.09. The minimum Gasteiger partial charge on any atom is -0.497 e. The lowest BCUT2D eigenvalue weighted by atomic mass is 9.87. The third-order valence-corrected chi connectivity index (χ3v) is 4.76. The van der Waals surface area contributed by atoms with Crippen molar-refractivity contribution in [3.05, 3.63) is 40.8 Å². The monoisotopic (exact) mass is 349 g/mol. The number of ether oxygens (including phenoxy) is 2. The summed E-state index contributed by atoms with van der Waals surface area (Å²) in [6.07, 6.45) is 0.640. The normalized spacial score (nSPS) is 18.4. The number of aliphatic hydroxyl groups excluding tert-OH is 1. The number of anilines is 1. The lowest BCUT2D eigenvalue weighted by Gasteiger charge is -2.29. The third kappa shape index (κ3) is 2.56. The van der Waals surface area contributed by atoms with Crippen LogP contribution in [0, 0.1) is 0 Å². The molecule has 0 saturated heterocycles. The van der Waals surface area contributed by atoms with Gasteiger partial charge < -0.3 is 19.5 Å². The molecule has 1 aliphatic heterocycles. The largest absolute Gasteiger partial charge is 0.497 e. The van der Waals surface area contributed by atoms with Crippen LogP contribution in [0.15, 0.2) is 24.5 Å². The van der Waals surface area contributed by atoms with Crippen LogP contribution in [-0.2, 0) is 12.0 Å². The summed E-state index contributed by atoms with van der Waals surface area (Å²) in [5.41, 5.74) is 1.09. The number of benzene rings is 1. The van der Waals surface area contributed by atoms with Crippen molar-refractivity contribution in [2.45, 2.75) is 32.0 Å². The molecule has 3 rings (SSSR count). The van der Waals surface area contributed by atoms with E-state index in [1.807, 2.05) is 36.9 Å². The first-order valence-corrected chi connectivity index (χ1v) is 7.94. The van der Waals surface area contributed by atoms with Crippen LogP contribution in [0.4, 0.5) is 5.82 Å². The number of rotatable bonds is 4. The van der Waals surface area contributed by atoms with E-state index >= 15 is 0 Å². The van der Waals surface area contributed by atoms with Crippen molar-refractivity contribution < 1.29 is 14.6 Å². The first-order chi connectivity index (χ1) is 11.4. The summed E-state index contributed by atoms with van der Waals surface area (Å²) in [7, 11) is 3.21. The number of hydrogen-bond donors (Lipinski definition) is 1. The minimum absolute atomic E-state index is 0.369. The van der Waals surface area contributed by atoms with Gasteiger partial charge in [0, 0.05) is 22.6 Å². The van der Waals surface area contributed by atoms with Crippen molar-refractivity contribution in [2.24, 2.45) is 0 Å². The Kier molecular flexibility index (Phi) is 4.27. The second-order valence-electron chi connectivity index (χ2n) is 6.26. The molecule has 128 valence electrons. The maximum atomic E-state index is 10.8. The highest BCUT2D eigenvalue weighted by Gasteiger charge is 2.46. The highest BCUT2D eigenvalue weighted by molar-refractivity contribution is 6.30. The van der Waals surface area contributed by atoms with Crippen LogP contribution in [0.3, 0.4) is 0 Å². The van der Waals surface area contributed by atoms with Crippen LogP contribution in [0.2, 0.25) is 5.15 Å². The maximum absolute atomic E-state index is 10.8. The summed E-state index contributed by atoms with van der Waals surface area (Å²) in [6, 6.07) is 5.59. The zero-order valence-electron chi connectivity index (χ0n) is 14.1. The van der Waals surface area contributed by atoms with E-state index in [0.29, 0.717) is 29.0 Å². The SMILES string of the molecule is COc1ccc(CN2c3ncnc(Cl)c3C(C)(C)C2O)c(OC)c1. The third-order valence-electron chi connectivity index (χ3n) is 4.47. The summed E-state index contributed by atoms with van der Waals surface area (Å²) in [5.74, 6) is 2.04. The fraction of sp³-hybridized carbons (Fsp3) is 0.412. The summed E-state index contributed by atoms with van der Waals surface area (Å²) in [4.78, 5) is 10.2. The van der Waals surface area contributed by atoms with Crippen molar-refractivity contribution in [1.82, 2.24) is 9.97 Å². The van der Waals surface area contributed by atoms with E-state index in [1.165, 1.54) is 6.33 Å². The van der Waals surface area contributed by atoms with E-state index < -0.39 is 11.6 Å². The van der Waals surface area contributed by atoms with Gasteiger partial charge in [0.2, 0.25) is 0 Å². The Labute approximate surface area is 146 Å². The van der Waals surface area contributed by atoms with E-state index in [-0.39, 0.29) is 0 Å². The zero-order valence-corrected chi connectivity index (χ0v) is 14.8. The van der Waals surface area contributed by atoms with Gasteiger partial charge in [-0.3, -0.25) is 0 Å². The highest BCUT2D eigenvalue weighted by atomic mass is 35.5. The van der Waals surface area contributed by atoms with E-state index in [9.17, 15) is 5.11 Å². The Bertz CT molecular complexity index is 767. The topological polar surface area (TPSA) is 67.7 Å². The second kappa shape index (κ2) is 6.11. The maximum Gasteiger partial charge on any atom is 0.139 e. The van der Waals surface area contributed by atoms with Gasteiger partial charge in [0.05, 0.1) is 20.8 Å². The van der Waals surface area contributed by atoms with Gasteiger partial charge in [-0.2, -0.15) is 0 Å². The molecule has 0 radical (unpaired) electrons. The highest BCUT2D eigenvalue weighted by Crippen LogP contribution is 2.46. The van der Waals surface area contributed by atoms with Crippen molar-refractivity contribution in [1.29, 1.82) is 0 Å². The van der Waals surface area contributed by atoms with Crippen LogP contribution in [-0.4, -0.2) is 35.5 Å². The van der Waals surface area contributed by atoms with Crippen molar-refractivity contribution >= 4 is 17.4 Å². The smallest absolute Gasteiger partial charge is 0.139 e. The van der Waals surface area contributed by atoms with Crippen LogP contribution in [0.25, 0.3) is 0 Å². The molecule has 0 saturated carbocycles. The summed E-state index contributed by atoms with van der Waals surface area (Å²) >= 11 is 6.26. The van der Waals surface area contributed by atoms with Gasteiger partial charge in [-0.25, -0.2) is 9.97 Å². The molecule has 1 aliphatic rings. The molecule has 1 N–H and O–H groups in total. The Morgan fingerprint density at radius 1 is 1.25 bits per heavy atom. The van der Waals surface area contributed by atoms with E-state index in [0.717, 1.165) is 11.1 Å². The lowest BCUT2D eigenvalue weighted by molar-refractivity contribution is 0.107. The van der Waals surface area contributed by atoms with Crippen LogP contribution in [0.1, 0.15) is 25.0 Å². The molecule has 0 spiro atoms. The molecule has 6 nitrogen and oxygen atoms in total. The molecule has 1 aromatic carbocycles. The van der Waals surface area contributed by atoms with Gasteiger partial charge in [-0.05, 0) is 12.1 Å². The lowest BCUT2D eigenvalue weighted by Crippen LogP contribution is -2.41. The fourth-order valence-corrected chi connectivity index (χ4v) is 3.46. The van der Waals surface area contributed by atoms with Crippen LogP contribution < -0.4 is 14.4 Å². The summed E-state index contributed by atoms with van der Waals surface area (Å²) < 4.78 is 10.7. The molecule has 0 aliphatic carbocycles. The summed E-state index contributed by atoms with van der Waals surface area (Å²) in [6.45, 7) is 4.28. The molecule has 0 bridgehead atoms. The van der Waals surface area contributed by atoms with E-state index in [2.05, 4.69) is 9.97 Å². The Hall–Kier alpha value is -2.05. The molecule has 24 heavy (non-hydrogen) atoms. The predicted molar refractivity (Wildman–Crippen MR) is 91.8 cm³/mol. The number of aromatic nitrogens is 2. The molecule has 1 unspecified atom stereocenters. The molecule has 2 heterocycles. The molecular weight excluding hydrogens is 330 g/mol. The first kappa shape index (κ1) is 16.8. The van der Waals surface area contributed by atoms with Crippen molar-refractivity contribution in [3.8, 4) is 11.5 Å². The van der Waals surface area contributed by atoms with Gasteiger partial charge >= 0.3 is 0 Å². The second-order valence-corrected chi connectivity index (χ2v) is 6.62. The van der Waals surface area contributed by atoms with Gasteiger partial charge in [-0.1, -0.05) is 25.4 Å². The zero-order chi connectivity index (χ0) is 17.5. The molecule has 2 aromatic rings. The molecule has 1 atom stereocenters. The Balaban J connectivity index is 2.02. The average Bonchev–Trinajstić information content (AvgIpc) is 2.76. The number of halogens is 1. The molecular formula is C17H20ClN3O3. The van der Waals surface area contributed by atoms with E-state index in [1.54, 1.807) is 14.2 Å². The van der Waals surface area contributed by atoms with Crippen molar-refractivity contribution in [3.63, 3.8) is 0 Å². The first-order valence-electron chi connectivity index (χ1n) is 7.56. The number of nitrogens with zero attached hydrogens (tertiary/aromatic N) is 3.